The van der Waals surface area contributed by atoms with Crippen molar-refractivity contribution in [3.05, 3.63) is 35.9 Å². The van der Waals surface area contributed by atoms with E-state index in [9.17, 15) is 8.42 Å². The molecule has 2 atom stereocenters. The van der Waals surface area contributed by atoms with E-state index >= 15 is 0 Å². The monoisotopic (exact) mass is 281 g/mol. The summed E-state index contributed by atoms with van der Waals surface area (Å²) in [6.45, 7) is 5.17. The topological polar surface area (TPSA) is 46.2 Å². The van der Waals surface area contributed by atoms with E-state index in [2.05, 4.69) is 31.3 Å². The molecule has 106 valence electrons. The molecule has 0 saturated carbocycles. The van der Waals surface area contributed by atoms with Crippen molar-refractivity contribution in [2.24, 2.45) is 11.8 Å². The van der Waals surface area contributed by atoms with Crippen LogP contribution in [0.4, 0.5) is 0 Å². The molecule has 1 N–H and O–H groups in total. The normalized spacial score (nSPS) is 23.6. The van der Waals surface area contributed by atoms with Crippen molar-refractivity contribution in [2.75, 3.05) is 18.1 Å². The standard InChI is InChI=1S/C15H23NO2S/c1-12(2)15(14-6-4-3-5-7-14)16-10-13-8-9-19(17,18)11-13/h3-7,12-13,15-16H,8-11H2,1-2H3. The molecule has 3 nitrogen and oxygen atoms in total. The Kier molecular flexibility index (Phi) is 4.63. The predicted molar refractivity (Wildman–Crippen MR) is 78.8 cm³/mol. The van der Waals surface area contributed by atoms with Crippen molar-refractivity contribution in [1.29, 1.82) is 0 Å². The first-order valence-corrected chi connectivity index (χ1v) is 8.79. The van der Waals surface area contributed by atoms with E-state index in [1.54, 1.807) is 0 Å². The van der Waals surface area contributed by atoms with Crippen molar-refractivity contribution in [2.45, 2.75) is 26.3 Å². The Morgan fingerprint density at radius 3 is 2.47 bits per heavy atom. The van der Waals surface area contributed by atoms with E-state index in [-0.39, 0.29) is 5.92 Å². The maximum absolute atomic E-state index is 11.5. The minimum Gasteiger partial charge on any atom is -0.309 e. The summed E-state index contributed by atoms with van der Waals surface area (Å²) in [4.78, 5) is 0. The van der Waals surface area contributed by atoms with Gasteiger partial charge < -0.3 is 5.32 Å². The van der Waals surface area contributed by atoms with Crippen molar-refractivity contribution >= 4 is 9.84 Å². The zero-order valence-electron chi connectivity index (χ0n) is 11.7. The van der Waals surface area contributed by atoms with Crippen LogP contribution in [-0.2, 0) is 9.84 Å². The molecular formula is C15H23NO2S. The Hall–Kier alpha value is -0.870. The van der Waals surface area contributed by atoms with Gasteiger partial charge in [-0.3, -0.25) is 0 Å². The fourth-order valence-electron chi connectivity index (χ4n) is 2.73. The molecule has 0 aromatic heterocycles. The van der Waals surface area contributed by atoms with Crippen LogP contribution in [0.15, 0.2) is 30.3 Å². The van der Waals surface area contributed by atoms with Crippen LogP contribution in [0.2, 0.25) is 0 Å². The average molecular weight is 281 g/mol. The molecular weight excluding hydrogens is 258 g/mol. The van der Waals surface area contributed by atoms with E-state index in [1.807, 2.05) is 18.2 Å². The van der Waals surface area contributed by atoms with E-state index < -0.39 is 9.84 Å². The van der Waals surface area contributed by atoms with E-state index in [4.69, 9.17) is 0 Å². The zero-order valence-corrected chi connectivity index (χ0v) is 12.5. The molecule has 1 heterocycles. The van der Waals surface area contributed by atoms with Crippen molar-refractivity contribution in [3.63, 3.8) is 0 Å². The fraction of sp³-hybridized carbons (Fsp3) is 0.600. The SMILES string of the molecule is CC(C)C(NCC1CCS(=O)(=O)C1)c1ccccc1. The summed E-state index contributed by atoms with van der Waals surface area (Å²) in [5.74, 6) is 1.46. The molecule has 0 radical (unpaired) electrons. The lowest BCUT2D eigenvalue weighted by atomic mass is 9.95. The summed E-state index contributed by atoms with van der Waals surface area (Å²) >= 11 is 0. The lowest BCUT2D eigenvalue weighted by Gasteiger charge is -2.24. The maximum Gasteiger partial charge on any atom is 0.150 e. The first kappa shape index (κ1) is 14.5. The van der Waals surface area contributed by atoms with Gasteiger partial charge in [-0.2, -0.15) is 0 Å². The number of rotatable bonds is 5. The second-order valence-corrected chi connectivity index (χ2v) is 8.04. The van der Waals surface area contributed by atoms with Crippen LogP contribution in [0.1, 0.15) is 31.9 Å². The largest absolute Gasteiger partial charge is 0.309 e. The summed E-state index contributed by atoms with van der Waals surface area (Å²) in [6.07, 6.45) is 0.801. The van der Waals surface area contributed by atoms with Gasteiger partial charge in [0.05, 0.1) is 11.5 Å². The van der Waals surface area contributed by atoms with Crippen molar-refractivity contribution < 1.29 is 8.42 Å². The second-order valence-electron chi connectivity index (χ2n) is 5.81. The Morgan fingerprint density at radius 1 is 1.26 bits per heavy atom. The Balaban J connectivity index is 1.96. The summed E-state index contributed by atoms with van der Waals surface area (Å²) < 4.78 is 22.9. The van der Waals surface area contributed by atoms with Gasteiger partial charge in [-0.25, -0.2) is 8.42 Å². The van der Waals surface area contributed by atoms with E-state index in [0.717, 1.165) is 13.0 Å². The van der Waals surface area contributed by atoms with Gasteiger partial charge in [-0.15, -0.1) is 0 Å². The number of sulfone groups is 1. The molecule has 1 aromatic carbocycles. The molecule has 0 amide bonds. The van der Waals surface area contributed by atoms with Gasteiger partial charge >= 0.3 is 0 Å². The highest BCUT2D eigenvalue weighted by molar-refractivity contribution is 7.91. The molecule has 1 aliphatic rings. The molecule has 0 spiro atoms. The third kappa shape index (κ3) is 4.05. The van der Waals surface area contributed by atoms with Crippen LogP contribution in [0, 0.1) is 11.8 Å². The molecule has 4 heteroatoms. The number of benzene rings is 1. The van der Waals surface area contributed by atoms with Crippen LogP contribution in [0.25, 0.3) is 0 Å². The third-order valence-electron chi connectivity index (χ3n) is 3.78. The number of nitrogens with one attached hydrogen (secondary N) is 1. The van der Waals surface area contributed by atoms with E-state index in [1.165, 1.54) is 5.56 Å². The van der Waals surface area contributed by atoms with Crippen LogP contribution in [-0.4, -0.2) is 26.5 Å². The van der Waals surface area contributed by atoms with Gasteiger partial charge in [0.2, 0.25) is 0 Å². The van der Waals surface area contributed by atoms with Gasteiger partial charge in [0, 0.05) is 6.04 Å². The van der Waals surface area contributed by atoms with Gasteiger partial charge in [0.15, 0.2) is 9.84 Å². The molecule has 2 unspecified atom stereocenters. The number of hydrogen-bond donors (Lipinski definition) is 1. The molecule has 1 fully saturated rings. The smallest absolute Gasteiger partial charge is 0.150 e. The zero-order chi connectivity index (χ0) is 13.9. The van der Waals surface area contributed by atoms with Gasteiger partial charge in [-0.1, -0.05) is 44.2 Å². The molecule has 1 aromatic rings. The quantitative estimate of drug-likeness (QED) is 0.901. The molecule has 1 aliphatic heterocycles. The van der Waals surface area contributed by atoms with Crippen LogP contribution in [0.5, 0.6) is 0 Å². The molecule has 1 saturated heterocycles. The third-order valence-corrected chi connectivity index (χ3v) is 5.62. The highest BCUT2D eigenvalue weighted by Crippen LogP contribution is 2.23. The summed E-state index contributed by atoms with van der Waals surface area (Å²) in [5, 5.41) is 3.55. The first-order valence-electron chi connectivity index (χ1n) is 6.97. The minimum atomic E-state index is -2.77. The summed E-state index contributed by atoms with van der Waals surface area (Å²) in [6, 6.07) is 10.7. The lowest BCUT2D eigenvalue weighted by molar-refractivity contribution is 0.381. The van der Waals surface area contributed by atoms with Crippen LogP contribution in [0.3, 0.4) is 0 Å². The second kappa shape index (κ2) is 6.06. The molecule has 0 aliphatic carbocycles. The van der Waals surface area contributed by atoms with Crippen molar-refractivity contribution in [1.82, 2.24) is 5.32 Å². The predicted octanol–water partition coefficient (Wildman–Crippen LogP) is 2.41. The first-order chi connectivity index (χ1) is 8.98. The van der Waals surface area contributed by atoms with Crippen molar-refractivity contribution in [3.8, 4) is 0 Å². The van der Waals surface area contributed by atoms with Crippen LogP contribution < -0.4 is 5.32 Å². The Morgan fingerprint density at radius 2 is 1.95 bits per heavy atom. The van der Waals surface area contributed by atoms with Crippen LogP contribution >= 0.6 is 0 Å². The molecule has 0 bridgehead atoms. The average Bonchev–Trinajstić information content (AvgIpc) is 2.70. The maximum atomic E-state index is 11.5. The highest BCUT2D eigenvalue weighted by atomic mass is 32.2. The Bertz CT molecular complexity index is 496. The van der Waals surface area contributed by atoms with E-state index in [0.29, 0.717) is 23.5 Å². The molecule has 19 heavy (non-hydrogen) atoms. The van der Waals surface area contributed by atoms with Gasteiger partial charge in [0.1, 0.15) is 0 Å². The lowest BCUT2D eigenvalue weighted by Crippen LogP contribution is -2.31. The summed E-state index contributed by atoms with van der Waals surface area (Å²) in [5.41, 5.74) is 1.28. The van der Waals surface area contributed by atoms with Gasteiger partial charge in [0.25, 0.3) is 0 Å². The van der Waals surface area contributed by atoms with Gasteiger partial charge in [-0.05, 0) is 30.4 Å². The minimum absolute atomic E-state index is 0.273. The number of hydrogen-bond acceptors (Lipinski definition) is 3. The highest BCUT2D eigenvalue weighted by Gasteiger charge is 2.28. The Labute approximate surface area is 116 Å². The fourth-order valence-corrected chi connectivity index (χ4v) is 4.59. The summed E-state index contributed by atoms with van der Waals surface area (Å²) in [7, 11) is -2.77. The molecule has 2 rings (SSSR count).